The summed E-state index contributed by atoms with van der Waals surface area (Å²) in [5.74, 6) is 1.96. The molecule has 21 heavy (non-hydrogen) atoms. The fourth-order valence-electron chi connectivity index (χ4n) is 2.04. The Labute approximate surface area is 129 Å². The molecule has 0 saturated carbocycles. The molecule has 0 radical (unpaired) electrons. The standard InChI is InChI=1S/C13H20N4O2S2/c1-3-20-9-7-10(2)16-21(18,19)13-12(14)15-11-6-4-5-8-17(11)13/h4-6,8,10,16H,3,7,9,14H2,1-2H3. The Morgan fingerprint density at radius 3 is 2.95 bits per heavy atom. The highest BCUT2D eigenvalue weighted by Crippen LogP contribution is 2.20. The molecule has 0 bridgehead atoms. The first kappa shape index (κ1) is 16.1. The number of sulfonamides is 1. The van der Waals surface area contributed by atoms with Gasteiger partial charge in [0.25, 0.3) is 10.0 Å². The summed E-state index contributed by atoms with van der Waals surface area (Å²) in [6, 6.07) is 5.10. The predicted octanol–water partition coefficient (Wildman–Crippen LogP) is 1.73. The van der Waals surface area contributed by atoms with Gasteiger partial charge in [-0.2, -0.15) is 11.8 Å². The summed E-state index contributed by atoms with van der Waals surface area (Å²) in [5, 5.41) is 0.00749. The molecule has 0 saturated heterocycles. The van der Waals surface area contributed by atoms with E-state index in [1.54, 1.807) is 36.2 Å². The molecule has 0 aliphatic rings. The highest BCUT2D eigenvalue weighted by molar-refractivity contribution is 7.99. The van der Waals surface area contributed by atoms with Gasteiger partial charge in [-0.15, -0.1) is 0 Å². The van der Waals surface area contributed by atoms with Gasteiger partial charge in [-0.05, 0) is 37.0 Å². The minimum absolute atomic E-state index is 0.00749. The molecular weight excluding hydrogens is 308 g/mol. The highest BCUT2D eigenvalue weighted by Gasteiger charge is 2.25. The van der Waals surface area contributed by atoms with E-state index in [1.165, 1.54) is 4.40 Å². The van der Waals surface area contributed by atoms with Gasteiger partial charge in [0, 0.05) is 12.2 Å². The molecule has 2 rings (SSSR count). The maximum atomic E-state index is 12.5. The Morgan fingerprint density at radius 2 is 2.24 bits per heavy atom. The SMILES string of the molecule is CCSCCC(C)NS(=O)(=O)c1c(N)nc2ccccn12. The number of pyridine rings is 1. The lowest BCUT2D eigenvalue weighted by Gasteiger charge is -2.14. The van der Waals surface area contributed by atoms with Gasteiger partial charge in [0.15, 0.2) is 10.8 Å². The molecule has 2 heterocycles. The van der Waals surface area contributed by atoms with Crippen molar-refractivity contribution >= 4 is 33.3 Å². The fourth-order valence-corrected chi connectivity index (χ4v) is 4.35. The number of imidazole rings is 1. The van der Waals surface area contributed by atoms with Gasteiger partial charge in [0.1, 0.15) is 5.65 Å². The van der Waals surface area contributed by atoms with E-state index < -0.39 is 10.0 Å². The molecule has 2 aromatic heterocycles. The molecular formula is C13H20N4O2S2. The first-order valence-corrected chi connectivity index (χ1v) is 9.42. The van der Waals surface area contributed by atoms with Crippen LogP contribution >= 0.6 is 11.8 Å². The lowest BCUT2D eigenvalue weighted by molar-refractivity contribution is 0.553. The van der Waals surface area contributed by atoms with Crippen LogP contribution in [0.4, 0.5) is 5.82 Å². The number of nitrogens with two attached hydrogens (primary N) is 1. The smallest absolute Gasteiger partial charge is 0.260 e. The van der Waals surface area contributed by atoms with E-state index in [9.17, 15) is 8.42 Å². The minimum Gasteiger partial charge on any atom is -0.381 e. The summed E-state index contributed by atoms with van der Waals surface area (Å²) in [5.41, 5.74) is 6.30. The largest absolute Gasteiger partial charge is 0.381 e. The topological polar surface area (TPSA) is 89.5 Å². The van der Waals surface area contributed by atoms with E-state index in [4.69, 9.17) is 5.73 Å². The number of nitrogen functional groups attached to an aromatic ring is 1. The lowest BCUT2D eigenvalue weighted by Crippen LogP contribution is -2.34. The zero-order chi connectivity index (χ0) is 15.5. The quantitative estimate of drug-likeness (QED) is 0.756. The first-order chi connectivity index (χ1) is 9.95. The minimum atomic E-state index is -3.69. The zero-order valence-electron chi connectivity index (χ0n) is 12.1. The molecule has 0 aromatic carbocycles. The van der Waals surface area contributed by atoms with Crippen molar-refractivity contribution in [1.82, 2.24) is 14.1 Å². The van der Waals surface area contributed by atoms with Crippen LogP contribution in [-0.4, -0.2) is 35.4 Å². The zero-order valence-corrected chi connectivity index (χ0v) is 13.7. The number of nitrogens with one attached hydrogen (secondary N) is 1. The number of hydrogen-bond donors (Lipinski definition) is 2. The summed E-state index contributed by atoms with van der Waals surface area (Å²) in [7, 11) is -3.69. The molecule has 2 aromatic rings. The molecule has 1 atom stereocenters. The molecule has 0 spiro atoms. The lowest BCUT2D eigenvalue weighted by atomic mass is 10.3. The van der Waals surface area contributed by atoms with Gasteiger partial charge in [-0.25, -0.2) is 18.1 Å². The maximum Gasteiger partial charge on any atom is 0.260 e. The van der Waals surface area contributed by atoms with E-state index in [2.05, 4.69) is 16.6 Å². The Hall–Kier alpha value is -1.25. The van der Waals surface area contributed by atoms with Crippen LogP contribution in [0.1, 0.15) is 20.3 Å². The van der Waals surface area contributed by atoms with Crippen molar-refractivity contribution < 1.29 is 8.42 Å². The third-order valence-electron chi connectivity index (χ3n) is 3.02. The second-order valence-corrected chi connectivity index (χ2v) is 7.76. The Kier molecular flexibility index (Phi) is 5.13. The van der Waals surface area contributed by atoms with Crippen LogP contribution in [0.15, 0.2) is 29.4 Å². The van der Waals surface area contributed by atoms with Crippen molar-refractivity contribution in [3.8, 4) is 0 Å². The van der Waals surface area contributed by atoms with E-state index >= 15 is 0 Å². The summed E-state index contributed by atoms with van der Waals surface area (Å²) in [6.07, 6.45) is 2.42. The van der Waals surface area contributed by atoms with Gasteiger partial charge in [-0.3, -0.25) is 4.40 Å². The summed E-state index contributed by atoms with van der Waals surface area (Å²) in [4.78, 5) is 4.08. The molecule has 3 N–H and O–H groups in total. The normalized spacial score (nSPS) is 13.6. The summed E-state index contributed by atoms with van der Waals surface area (Å²) in [6.45, 7) is 3.94. The number of fused-ring (bicyclic) bond motifs is 1. The van der Waals surface area contributed by atoms with Crippen LogP contribution in [-0.2, 0) is 10.0 Å². The van der Waals surface area contributed by atoms with Crippen LogP contribution < -0.4 is 10.5 Å². The monoisotopic (exact) mass is 328 g/mol. The van der Waals surface area contributed by atoms with Crippen LogP contribution in [0, 0.1) is 0 Å². The third-order valence-corrected chi connectivity index (χ3v) is 5.58. The fraction of sp³-hybridized carbons (Fsp3) is 0.462. The van der Waals surface area contributed by atoms with Gasteiger partial charge in [-0.1, -0.05) is 13.0 Å². The predicted molar refractivity (Wildman–Crippen MR) is 87.0 cm³/mol. The highest BCUT2D eigenvalue weighted by atomic mass is 32.2. The van der Waals surface area contributed by atoms with Gasteiger partial charge in [0.2, 0.25) is 0 Å². The molecule has 0 aliphatic heterocycles. The van der Waals surface area contributed by atoms with E-state index in [1.807, 2.05) is 6.92 Å². The summed E-state index contributed by atoms with van der Waals surface area (Å²) >= 11 is 1.79. The number of nitrogens with zero attached hydrogens (tertiary/aromatic N) is 2. The van der Waals surface area contributed by atoms with Crippen LogP contribution in [0.5, 0.6) is 0 Å². The second-order valence-electron chi connectivity index (χ2n) is 4.74. The number of aromatic nitrogens is 2. The number of anilines is 1. The van der Waals surface area contributed by atoms with Gasteiger partial charge < -0.3 is 5.73 Å². The molecule has 116 valence electrons. The van der Waals surface area contributed by atoms with Crippen molar-refractivity contribution in [2.75, 3.05) is 17.2 Å². The molecule has 6 nitrogen and oxygen atoms in total. The second kappa shape index (κ2) is 6.67. The van der Waals surface area contributed by atoms with Crippen LogP contribution in [0.25, 0.3) is 5.65 Å². The van der Waals surface area contributed by atoms with Gasteiger partial charge in [0.05, 0.1) is 0 Å². The maximum absolute atomic E-state index is 12.5. The molecule has 0 aliphatic carbocycles. The van der Waals surface area contributed by atoms with Gasteiger partial charge >= 0.3 is 0 Å². The Morgan fingerprint density at radius 1 is 1.48 bits per heavy atom. The van der Waals surface area contributed by atoms with E-state index in [0.717, 1.165) is 17.9 Å². The Bertz CT molecular complexity index is 712. The number of thioether (sulfide) groups is 1. The van der Waals surface area contributed by atoms with Crippen molar-refractivity contribution in [3.05, 3.63) is 24.4 Å². The van der Waals surface area contributed by atoms with Crippen molar-refractivity contribution in [2.24, 2.45) is 0 Å². The molecule has 8 heteroatoms. The molecule has 0 fully saturated rings. The van der Waals surface area contributed by atoms with Crippen molar-refractivity contribution in [2.45, 2.75) is 31.3 Å². The van der Waals surface area contributed by atoms with E-state index in [-0.39, 0.29) is 16.9 Å². The van der Waals surface area contributed by atoms with Crippen LogP contribution in [0.3, 0.4) is 0 Å². The van der Waals surface area contributed by atoms with E-state index in [0.29, 0.717) is 5.65 Å². The number of hydrogen-bond acceptors (Lipinski definition) is 5. The van der Waals surface area contributed by atoms with Crippen molar-refractivity contribution in [1.29, 1.82) is 0 Å². The molecule has 0 amide bonds. The van der Waals surface area contributed by atoms with Crippen LogP contribution in [0.2, 0.25) is 0 Å². The number of rotatable bonds is 7. The summed E-state index contributed by atoms with van der Waals surface area (Å²) < 4.78 is 29.2. The average Bonchev–Trinajstić information content (AvgIpc) is 2.74. The average molecular weight is 328 g/mol. The molecule has 1 unspecified atom stereocenters. The first-order valence-electron chi connectivity index (χ1n) is 6.78. The Balaban J connectivity index is 2.24. The van der Waals surface area contributed by atoms with Crippen molar-refractivity contribution in [3.63, 3.8) is 0 Å². The third kappa shape index (κ3) is 3.69.